The molecule has 2 N–H and O–H groups in total. The number of carbonyl (C=O) groups excluding carboxylic acids is 2. The van der Waals surface area contributed by atoms with E-state index in [0.717, 1.165) is 10.0 Å². The van der Waals surface area contributed by atoms with Crippen molar-refractivity contribution in [3.8, 4) is 11.5 Å². The van der Waals surface area contributed by atoms with Gasteiger partial charge in [0.05, 0.1) is 12.2 Å². The number of hydrogen-bond donors (Lipinski definition) is 2. The van der Waals surface area contributed by atoms with Crippen LogP contribution in [0.4, 0.5) is 0 Å². The standard InChI is InChI=1S/C20H23BrN2O4/c1-13(2)11-27-18-7-5-4-6-16(18)20(25)23-22-19(24)12-26-15-8-9-17(21)14(3)10-15/h4-10,13H,11-12H2,1-3H3,(H,22,24)(H,23,25). The Labute approximate surface area is 167 Å². The molecule has 6 nitrogen and oxygen atoms in total. The fraction of sp³-hybridized carbons (Fsp3) is 0.300. The van der Waals surface area contributed by atoms with Gasteiger partial charge in [0.2, 0.25) is 0 Å². The van der Waals surface area contributed by atoms with Gasteiger partial charge in [0.25, 0.3) is 11.8 Å². The molecule has 2 amide bonds. The first-order valence-corrected chi connectivity index (χ1v) is 9.36. The molecular formula is C20H23BrN2O4. The fourth-order valence-electron chi connectivity index (χ4n) is 2.12. The van der Waals surface area contributed by atoms with E-state index in [1.165, 1.54) is 0 Å². The van der Waals surface area contributed by atoms with Crippen LogP contribution in [-0.4, -0.2) is 25.0 Å². The summed E-state index contributed by atoms with van der Waals surface area (Å²) >= 11 is 3.40. The quantitative estimate of drug-likeness (QED) is 0.652. The van der Waals surface area contributed by atoms with Crippen molar-refractivity contribution in [3.05, 3.63) is 58.1 Å². The van der Waals surface area contributed by atoms with Gasteiger partial charge >= 0.3 is 0 Å². The van der Waals surface area contributed by atoms with Crippen molar-refractivity contribution >= 4 is 27.7 Å². The molecule has 0 fully saturated rings. The summed E-state index contributed by atoms with van der Waals surface area (Å²) in [7, 11) is 0. The van der Waals surface area contributed by atoms with E-state index in [2.05, 4.69) is 26.8 Å². The zero-order valence-electron chi connectivity index (χ0n) is 15.5. The van der Waals surface area contributed by atoms with Gasteiger partial charge in [-0.05, 0) is 48.7 Å². The van der Waals surface area contributed by atoms with E-state index in [1.807, 2.05) is 32.9 Å². The van der Waals surface area contributed by atoms with E-state index in [4.69, 9.17) is 9.47 Å². The normalized spacial score (nSPS) is 10.4. The van der Waals surface area contributed by atoms with E-state index in [9.17, 15) is 9.59 Å². The molecule has 0 aliphatic carbocycles. The molecule has 0 atom stereocenters. The lowest BCUT2D eigenvalue weighted by molar-refractivity contribution is -0.123. The van der Waals surface area contributed by atoms with E-state index in [0.29, 0.717) is 29.6 Å². The summed E-state index contributed by atoms with van der Waals surface area (Å²) in [4.78, 5) is 24.2. The third-order valence-electron chi connectivity index (χ3n) is 3.52. The van der Waals surface area contributed by atoms with Crippen molar-refractivity contribution in [1.29, 1.82) is 0 Å². The summed E-state index contributed by atoms with van der Waals surface area (Å²) in [5, 5.41) is 0. The Bertz CT molecular complexity index is 808. The molecule has 2 rings (SSSR count). The van der Waals surface area contributed by atoms with Gasteiger partial charge in [-0.15, -0.1) is 0 Å². The second-order valence-electron chi connectivity index (χ2n) is 6.40. The average molecular weight is 435 g/mol. The molecule has 0 spiro atoms. The van der Waals surface area contributed by atoms with Crippen molar-refractivity contribution in [1.82, 2.24) is 10.9 Å². The van der Waals surface area contributed by atoms with Crippen LogP contribution in [0.25, 0.3) is 0 Å². The van der Waals surface area contributed by atoms with Crippen LogP contribution < -0.4 is 20.3 Å². The van der Waals surface area contributed by atoms with Crippen LogP contribution in [0.3, 0.4) is 0 Å². The summed E-state index contributed by atoms with van der Waals surface area (Å²) in [5.74, 6) is 0.455. The summed E-state index contributed by atoms with van der Waals surface area (Å²) in [5.41, 5.74) is 6.07. The number of para-hydroxylation sites is 1. The second kappa shape index (κ2) is 9.97. The topological polar surface area (TPSA) is 76.7 Å². The molecule has 0 aliphatic heterocycles. The highest BCUT2D eigenvalue weighted by Crippen LogP contribution is 2.21. The molecule has 2 aromatic rings. The maximum atomic E-state index is 12.3. The first-order valence-electron chi connectivity index (χ1n) is 8.56. The molecule has 0 unspecified atom stereocenters. The second-order valence-corrected chi connectivity index (χ2v) is 7.26. The van der Waals surface area contributed by atoms with Crippen molar-refractivity contribution in [2.45, 2.75) is 20.8 Å². The van der Waals surface area contributed by atoms with Crippen LogP contribution >= 0.6 is 15.9 Å². The smallest absolute Gasteiger partial charge is 0.276 e. The Balaban J connectivity index is 1.86. The molecule has 0 heterocycles. The van der Waals surface area contributed by atoms with Crippen LogP contribution in [0.1, 0.15) is 29.8 Å². The van der Waals surface area contributed by atoms with E-state index < -0.39 is 11.8 Å². The van der Waals surface area contributed by atoms with Gasteiger partial charge in [0.1, 0.15) is 11.5 Å². The third-order valence-corrected chi connectivity index (χ3v) is 4.41. The molecule has 0 radical (unpaired) electrons. The average Bonchev–Trinajstić information content (AvgIpc) is 2.65. The molecule has 0 aromatic heterocycles. The molecule has 144 valence electrons. The van der Waals surface area contributed by atoms with Crippen molar-refractivity contribution in [2.75, 3.05) is 13.2 Å². The Kier molecular flexibility index (Phi) is 7.67. The number of hydrogen-bond acceptors (Lipinski definition) is 4. The highest BCUT2D eigenvalue weighted by molar-refractivity contribution is 9.10. The number of hydrazine groups is 1. The first kappa shape index (κ1) is 20.8. The van der Waals surface area contributed by atoms with Gasteiger partial charge in [-0.3, -0.25) is 20.4 Å². The van der Waals surface area contributed by atoms with Crippen LogP contribution in [0.5, 0.6) is 11.5 Å². The van der Waals surface area contributed by atoms with Crippen LogP contribution in [0.15, 0.2) is 46.9 Å². The predicted octanol–water partition coefficient (Wildman–Crippen LogP) is 3.63. The van der Waals surface area contributed by atoms with Gasteiger partial charge in [0.15, 0.2) is 6.61 Å². The number of benzene rings is 2. The van der Waals surface area contributed by atoms with Gasteiger partial charge in [0, 0.05) is 4.47 Å². The Morgan fingerprint density at radius 3 is 2.52 bits per heavy atom. The monoisotopic (exact) mass is 434 g/mol. The highest BCUT2D eigenvalue weighted by atomic mass is 79.9. The SMILES string of the molecule is Cc1cc(OCC(=O)NNC(=O)c2ccccc2OCC(C)C)ccc1Br. The zero-order valence-corrected chi connectivity index (χ0v) is 17.1. The van der Waals surface area contributed by atoms with E-state index in [1.54, 1.807) is 30.3 Å². The molecule has 7 heteroatoms. The number of rotatable bonds is 7. The lowest BCUT2D eigenvalue weighted by atomic mass is 10.2. The summed E-state index contributed by atoms with van der Waals surface area (Å²) in [6, 6.07) is 12.3. The number of amides is 2. The number of ether oxygens (including phenoxy) is 2. The third kappa shape index (κ3) is 6.60. The number of nitrogens with one attached hydrogen (secondary N) is 2. The Hall–Kier alpha value is -2.54. The molecule has 27 heavy (non-hydrogen) atoms. The maximum Gasteiger partial charge on any atom is 0.276 e. The number of halogens is 1. The molecule has 0 saturated heterocycles. The van der Waals surface area contributed by atoms with Gasteiger partial charge in [-0.1, -0.05) is 41.9 Å². The maximum absolute atomic E-state index is 12.3. The first-order chi connectivity index (χ1) is 12.9. The van der Waals surface area contributed by atoms with E-state index in [-0.39, 0.29) is 6.61 Å². The lowest BCUT2D eigenvalue weighted by Gasteiger charge is -2.13. The predicted molar refractivity (Wildman–Crippen MR) is 107 cm³/mol. The fourth-order valence-corrected chi connectivity index (χ4v) is 2.37. The molecule has 0 saturated carbocycles. The van der Waals surface area contributed by atoms with Crippen LogP contribution in [0, 0.1) is 12.8 Å². The summed E-state index contributed by atoms with van der Waals surface area (Å²) in [6.45, 7) is 6.26. The molecule has 0 aliphatic rings. The largest absolute Gasteiger partial charge is 0.492 e. The molecular weight excluding hydrogens is 412 g/mol. The van der Waals surface area contributed by atoms with Crippen LogP contribution in [0.2, 0.25) is 0 Å². The number of aryl methyl sites for hydroxylation is 1. The molecule has 0 bridgehead atoms. The highest BCUT2D eigenvalue weighted by Gasteiger charge is 2.13. The zero-order chi connectivity index (χ0) is 19.8. The minimum absolute atomic E-state index is 0.215. The van der Waals surface area contributed by atoms with Crippen molar-refractivity contribution in [3.63, 3.8) is 0 Å². The minimum atomic E-state index is -0.468. The van der Waals surface area contributed by atoms with Crippen molar-refractivity contribution in [2.24, 2.45) is 5.92 Å². The summed E-state index contributed by atoms with van der Waals surface area (Å²) in [6.07, 6.45) is 0. The number of carbonyl (C=O) groups is 2. The van der Waals surface area contributed by atoms with E-state index >= 15 is 0 Å². The van der Waals surface area contributed by atoms with Crippen LogP contribution in [-0.2, 0) is 4.79 Å². The Morgan fingerprint density at radius 2 is 1.81 bits per heavy atom. The van der Waals surface area contributed by atoms with Gasteiger partial charge in [-0.2, -0.15) is 0 Å². The lowest BCUT2D eigenvalue weighted by Crippen LogP contribution is -2.44. The minimum Gasteiger partial charge on any atom is -0.492 e. The molecule has 2 aromatic carbocycles. The van der Waals surface area contributed by atoms with Gasteiger partial charge < -0.3 is 9.47 Å². The van der Waals surface area contributed by atoms with Gasteiger partial charge in [-0.25, -0.2) is 0 Å². The van der Waals surface area contributed by atoms with Crippen molar-refractivity contribution < 1.29 is 19.1 Å². The summed E-state index contributed by atoms with van der Waals surface area (Å²) < 4.78 is 12.0. The Morgan fingerprint density at radius 1 is 1.07 bits per heavy atom.